The highest BCUT2D eigenvalue weighted by Crippen LogP contribution is 2.37. The summed E-state index contributed by atoms with van der Waals surface area (Å²) < 4.78 is 19.3. The summed E-state index contributed by atoms with van der Waals surface area (Å²) in [6.45, 7) is 10.7. The van der Waals surface area contributed by atoms with E-state index < -0.39 is 10.8 Å². The molecule has 43 heavy (non-hydrogen) atoms. The van der Waals surface area contributed by atoms with Crippen molar-refractivity contribution in [2.75, 3.05) is 24.2 Å². The fraction of sp³-hybridized carbons (Fsp3) is 0.406. The Morgan fingerprint density at radius 3 is 2.53 bits per heavy atom. The number of fused-ring (bicyclic) bond motifs is 1. The Bertz CT molecular complexity index is 1630. The molecular weight excluding hydrogens is 562 g/mol. The van der Waals surface area contributed by atoms with Gasteiger partial charge in [-0.25, -0.2) is 0 Å². The Balaban J connectivity index is 1.46. The third kappa shape index (κ3) is 6.83. The van der Waals surface area contributed by atoms with E-state index in [2.05, 4.69) is 45.3 Å². The minimum Gasteiger partial charge on any atom is -0.489 e. The van der Waals surface area contributed by atoms with Crippen LogP contribution in [-0.4, -0.2) is 56.1 Å². The summed E-state index contributed by atoms with van der Waals surface area (Å²) in [4.78, 5) is 25.6. The van der Waals surface area contributed by atoms with Crippen LogP contribution in [0.15, 0.2) is 53.6 Å². The first-order valence-corrected chi connectivity index (χ1v) is 16.0. The fourth-order valence-corrected chi connectivity index (χ4v) is 6.51. The van der Waals surface area contributed by atoms with Gasteiger partial charge in [0.05, 0.1) is 44.6 Å². The highest BCUT2D eigenvalue weighted by Gasteiger charge is 2.28. The number of carbonyl (C=O) groups is 1. The van der Waals surface area contributed by atoms with Gasteiger partial charge >= 0.3 is 0 Å². The average Bonchev–Trinajstić information content (AvgIpc) is 3.47. The highest BCUT2D eigenvalue weighted by atomic mass is 32.2. The zero-order valence-corrected chi connectivity index (χ0v) is 26.4. The Kier molecular flexibility index (Phi) is 9.31. The summed E-state index contributed by atoms with van der Waals surface area (Å²) in [6, 6.07) is 13.5. The molecule has 228 valence electrons. The number of anilines is 4. The van der Waals surface area contributed by atoms with Crippen LogP contribution in [0.3, 0.4) is 0 Å². The first-order valence-electron chi connectivity index (χ1n) is 14.8. The number of rotatable bonds is 10. The zero-order chi connectivity index (χ0) is 30.7. The smallest absolute Gasteiger partial charge is 0.236 e. The molecule has 1 aliphatic heterocycles. The van der Waals surface area contributed by atoms with Crippen molar-refractivity contribution in [3.8, 4) is 5.75 Å². The van der Waals surface area contributed by atoms with E-state index >= 15 is 0 Å². The van der Waals surface area contributed by atoms with Crippen LogP contribution < -0.4 is 26.0 Å². The SMILES string of the molecule is CNC(=O)C1CCC(c2cc(OC(C)C)c(Nc3nc(Nc4ccccc4S(=O)C(C)C)c4cc[nH]c4n3)cc2C)CN1. The summed E-state index contributed by atoms with van der Waals surface area (Å²) in [5.41, 5.74) is 4.49. The minimum absolute atomic E-state index is 0.0231. The monoisotopic (exact) mass is 603 g/mol. The van der Waals surface area contributed by atoms with Crippen LogP contribution >= 0.6 is 0 Å². The molecule has 0 saturated carbocycles. The number of hydrogen-bond acceptors (Lipinski definition) is 8. The van der Waals surface area contributed by atoms with Crippen LogP contribution in [0.2, 0.25) is 0 Å². The van der Waals surface area contributed by atoms with Gasteiger partial charge in [-0.2, -0.15) is 9.97 Å². The van der Waals surface area contributed by atoms with Crippen LogP contribution in [0.1, 0.15) is 57.6 Å². The molecule has 1 saturated heterocycles. The lowest BCUT2D eigenvalue weighted by Gasteiger charge is -2.30. The number of amides is 1. The topological polar surface area (TPSA) is 133 Å². The van der Waals surface area contributed by atoms with Crippen LogP contribution in [-0.2, 0) is 15.6 Å². The Morgan fingerprint density at radius 2 is 1.84 bits per heavy atom. The van der Waals surface area contributed by atoms with E-state index in [0.717, 1.165) is 46.6 Å². The van der Waals surface area contributed by atoms with Gasteiger partial charge < -0.3 is 31.0 Å². The lowest BCUT2D eigenvalue weighted by molar-refractivity contribution is -0.123. The first-order chi connectivity index (χ1) is 20.6. The van der Waals surface area contributed by atoms with Crippen LogP contribution in [0.25, 0.3) is 11.0 Å². The van der Waals surface area contributed by atoms with Crippen molar-refractivity contribution in [3.63, 3.8) is 0 Å². The summed E-state index contributed by atoms with van der Waals surface area (Å²) in [5.74, 6) is 2.01. The van der Waals surface area contributed by atoms with Gasteiger partial charge in [-0.1, -0.05) is 26.0 Å². The number of aromatic amines is 1. The maximum Gasteiger partial charge on any atom is 0.236 e. The first kappa shape index (κ1) is 30.5. The number of H-pyrrole nitrogens is 1. The molecule has 1 aliphatic rings. The van der Waals surface area contributed by atoms with Crippen LogP contribution in [0.4, 0.5) is 23.1 Å². The molecule has 3 unspecified atom stereocenters. The second kappa shape index (κ2) is 13.1. The number of ether oxygens (including phenoxy) is 1. The lowest BCUT2D eigenvalue weighted by atomic mass is 9.86. The number of nitrogens with zero attached hydrogens (tertiary/aromatic N) is 2. The molecule has 2 aromatic carbocycles. The van der Waals surface area contributed by atoms with E-state index in [1.165, 1.54) is 5.56 Å². The maximum atomic E-state index is 13.0. The molecule has 5 N–H and O–H groups in total. The molecule has 4 aromatic rings. The molecule has 11 heteroatoms. The third-order valence-electron chi connectivity index (χ3n) is 7.60. The number of aryl methyl sites for hydroxylation is 1. The van der Waals surface area contributed by atoms with E-state index in [1.54, 1.807) is 7.05 Å². The van der Waals surface area contributed by atoms with E-state index in [0.29, 0.717) is 23.2 Å². The van der Waals surface area contributed by atoms with Gasteiger partial charge in [0.25, 0.3) is 0 Å². The van der Waals surface area contributed by atoms with Gasteiger partial charge in [-0.3, -0.25) is 9.00 Å². The van der Waals surface area contributed by atoms with Crippen molar-refractivity contribution in [2.24, 2.45) is 0 Å². The fourth-order valence-electron chi connectivity index (χ4n) is 5.45. The van der Waals surface area contributed by atoms with Crippen molar-refractivity contribution >= 4 is 50.9 Å². The van der Waals surface area contributed by atoms with E-state index in [1.807, 2.05) is 64.2 Å². The quantitative estimate of drug-likeness (QED) is 0.157. The van der Waals surface area contributed by atoms with Crippen molar-refractivity contribution < 1.29 is 13.7 Å². The number of likely N-dealkylation sites (N-methyl/N-ethyl adjacent to an activating group) is 1. The number of para-hydroxylation sites is 1. The van der Waals surface area contributed by atoms with E-state index in [9.17, 15) is 9.00 Å². The Morgan fingerprint density at radius 1 is 1.05 bits per heavy atom. The second-order valence-corrected chi connectivity index (χ2v) is 13.4. The summed E-state index contributed by atoms with van der Waals surface area (Å²) >= 11 is 0. The molecule has 3 atom stereocenters. The van der Waals surface area contributed by atoms with Crippen molar-refractivity contribution in [2.45, 2.75) is 75.7 Å². The largest absolute Gasteiger partial charge is 0.489 e. The van der Waals surface area contributed by atoms with Crippen molar-refractivity contribution in [3.05, 3.63) is 59.8 Å². The number of benzene rings is 2. The minimum atomic E-state index is -1.17. The number of nitrogens with one attached hydrogen (secondary N) is 5. The summed E-state index contributed by atoms with van der Waals surface area (Å²) in [6.07, 6.45) is 3.47. The molecule has 0 radical (unpaired) electrons. The average molecular weight is 604 g/mol. The predicted molar refractivity (Wildman–Crippen MR) is 173 cm³/mol. The predicted octanol–water partition coefficient (Wildman–Crippen LogP) is 5.64. The van der Waals surface area contributed by atoms with Gasteiger partial charge in [0.1, 0.15) is 17.2 Å². The molecule has 5 rings (SSSR count). The molecule has 0 aliphatic carbocycles. The molecule has 1 amide bonds. The number of carbonyl (C=O) groups excluding carboxylic acids is 1. The standard InChI is InChI=1S/C32H41N7O3S/c1-18(2)42-27-16-23(21-11-12-25(35-17-21)31(40)33-6)20(5)15-26(27)37-32-38-29-22(13-14-34-29)30(39-32)36-24-9-7-8-10-28(24)43(41)19(3)4/h7-10,13-16,18-19,21,25,35H,11-12,17H2,1-6H3,(H,33,40)(H3,34,36,37,38,39). The molecule has 2 aromatic heterocycles. The third-order valence-corrected chi connectivity index (χ3v) is 9.24. The molecule has 0 spiro atoms. The summed E-state index contributed by atoms with van der Waals surface area (Å²) in [5, 5.41) is 13.8. The number of aromatic nitrogens is 3. The van der Waals surface area contributed by atoms with Gasteiger partial charge in [0.2, 0.25) is 11.9 Å². The van der Waals surface area contributed by atoms with E-state index in [4.69, 9.17) is 14.7 Å². The van der Waals surface area contributed by atoms with Gasteiger partial charge in [0.15, 0.2) is 0 Å². The molecular formula is C32H41N7O3S. The summed E-state index contributed by atoms with van der Waals surface area (Å²) in [7, 11) is 0.500. The van der Waals surface area contributed by atoms with Crippen molar-refractivity contribution in [1.29, 1.82) is 0 Å². The lowest BCUT2D eigenvalue weighted by Crippen LogP contribution is -2.47. The number of hydrogen-bond donors (Lipinski definition) is 5. The number of piperidine rings is 1. The zero-order valence-electron chi connectivity index (χ0n) is 25.6. The normalized spacial score (nSPS) is 17.7. The van der Waals surface area contributed by atoms with Gasteiger partial charge in [0, 0.05) is 25.0 Å². The molecule has 0 bridgehead atoms. The molecule has 1 fully saturated rings. The molecule has 3 heterocycles. The van der Waals surface area contributed by atoms with Gasteiger partial charge in [-0.05, 0) is 81.0 Å². The van der Waals surface area contributed by atoms with Crippen molar-refractivity contribution in [1.82, 2.24) is 25.6 Å². The maximum absolute atomic E-state index is 13.0. The van der Waals surface area contributed by atoms with Gasteiger partial charge in [-0.15, -0.1) is 0 Å². The molecule has 10 nitrogen and oxygen atoms in total. The second-order valence-electron chi connectivity index (χ2n) is 11.4. The van der Waals surface area contributed by atoms with Crippen LogP contribution in [0.5, 0.6) is 5.75 Å². The Hall–Kier alpha value is -3.96. The van der Waals surface area contributed by atoms with E-state index in [-0.39, 0.29) is 29.2 Å². The highest BCUT2D eigenvalue weighted by molar-refractivity contribution is 7.85. The Labute approximate surface area is 255 Å². The van der Waals surface area contributed by atoms with Crippen LogP contribution in [0, 0.1) is 6.92 Å².